The summed E-state index contributed by atoms with van der Waals surface area (Å²) in [6, 6.07) is 5.70. The number of aldehydes is 1. The fourth-order valence-electron chi connectivity index (χ4n) is 2.53. The van der Waals surface area contributed by atoms with Gasteiger partial charge in [-0.15, -0.1) is 0 Å². The molecule has 4 nitrogen and oxygen atoms in total. The molecule has 0 bridgehead atoms. The highest BCUT2D eigenvalue weighted by Crippen LogP contribution is 2.26. The molecule has 0 saturated heterocycles. The molecule has 0 atom stereocenters. The van der Waals surface area contributed by atoms with Gasteiger partial charge < -0.3 is 9.64 Å². The fourth-order valence-corrected chi connectivity index (χ4v) is 2.53. The summed E-state index contributed by atoms with van der Waals surface area (Å²) in [5.41, 5.74) is 3.67. The molecule has 1 heterocycles. The van der Waals surface area contributed by atoms with E-state index in [1.165, 1.54) is 5.57 Å². The van der Waals surface area contributed by atoms with Crippen LogP contribution in [0.25, 0.3) is 5.57 Å². The van der Waals surface area contributed by atoms with Gasteiger partial charge in [0.05, 0.1) is 0 Å². The van der Waals surface area contributed by atoms with Gasteiger partial charge in [-0.25, -0.2) is 4.79 Å². The van der Waals surface area contributed by atoms with Crippen molar-refractivity contribution < 1.29 is 14.3 Å². The highest BCUT2D eigenvalue weighted by atomic mass is 16.6. The lowest BCUT2D eigenvalue weighted by Gasteiger charge is -2.30. The Balaban J connectivity index is 2.08. The zero-order valence-corrected chi connectivity index (χ0v) is 13.7. The van der Waals surface area contributed by atoms with Crippen LogP contribution in [0.2, 0.25) is 0 Å². The van der Waals surface area contributed by atoms with Gasteiger partial charge in [-0.3, -0.25) is 4.79 Å². The number of amides is 1. The van der Waals surface area contributed by atoms with Crippen LogP contribution in [0.1, 0.15) is 48.7 Å². The first-order valence-electron chi connectivity index (χ1n) is 7.53. The molecule has 0 aromatic heterocycles. The summed E-state index contributed by atoms with van der Waals surface area (Å²) in [7, 11) is 0. The molecule has 0 saturated carbocycles. The minimum absolute atomic E-state index is 0.268. The third kappa shape index (κ3) is 3.97. The molecule has 1 aliphatic heterocycles. The van der Waals surface area contributed by atoms with E-state index < -0.39 is 5.60 Å². The van der Waals surface area contributed by atoms with Gasteiger partial charge in [0, 0.05) is 18.7 Å². The molecule has 4 heteroatoms. The number of ether oxygens (including phenoxy) is 1. The first-order valence-corrected chi connectivity index (χ1v) is 7.53. The van der Waals surface area contributed by atoms with Crippen LogP contribution in [0.3, 0.4) is 0 Å². The van der Waals surface area contributed by atoms with E-state index in [1.807, 2.05) is 45.9 Å². The minimum atomic E-state index is -0.470. The SMILES string of the molecule is Cc1cc(C=O)ccc1C1=CCN(C(=O)OC(C)(C)C)CC1. The first-order chi connectivity index (χ1) is 10.3. The highest BCUT2D eigenvalue weighted by Gasteiger charge is 2.24. The zero-order chi connectivity index (χ0) is 16.3. The van der Waals surface area contributed by atoms with E-state index in [0.717, 1.165) is 23.8 Å². The molecule has 0 spiro atoms. The van der Waals surface area contributed by atoms with Gasteiger partial charge in [0.25, 0.3) is 0 Å². The summed E-state index contributed by atoms with van der Waals surface area (Å²) in [5, 5.41) is 0. The average Bonchev–Trinajstić information content (AvgIpc) is 2.45. The Hall–Kier alpha value is -2.10. The number of carbonyl (C=O) groups is 2. The summed E-state index contributed by atoms with van der Waals surface area (Å²) in [5.74, 6) is 0. The van der Waals surface area contributed by atoms with Crippen molar-refractivity contribution in [2.24, 2.45) is 0 Å². The van der Waals surface area contributed by atoms with Crippen LogP contribution in [-0.4, -0.2) is 36.0 Å². The lowest BCUT2D eigenvalue weighted by atomic mass is 9.94. The summed E-state index contributed by atoms with van der Waals surface area (Å²) in [6.07, 6.45) is 3.45. The number of aryl methyl sites for hydroxylation is 1. The smallest absolute Gasteiger partial charge is 0.410 e. The van der Waals surface area contributed by atoms with Crippen molar-refractivity contribution in [3.05, 3.63) is 41.0 Å². The highest BCUT2D eigenvalue weighted by molar-refractivity contribution is 5.79. The zero-order valence-electron chi connectivity index (χ0n) is 13.7. The van der Waals surface area contributed by atoms with E-state index in [-0.39, 0.29) is 6.09 Å². The number of rotatable bonds is 2. The molecule has 0 radical (unpaired) electrons. The van der Waals surface area contributed by atoms with Crippen molar-refractivity contribution in [1.82, 2.24) is 4.90 Å². The molecule has 1 amide bonds. The lowest BCUT2D eigenvalue weighted by molar-refractivity contribution is 0.0270. The van der Waals surface area contributed by atoms with Gasteiger partial charge in [-0.2, -0.15) is 0 Å². The van der Waals surface area contributed by atoms with Crippen molar-refractivity contribution in [2.45, 2.75) is 39.7 Å². The van der Waals surface area contributed by atoms with Crippen molar-refractivity contribution in [3.8, 4) is 0 Å². The van der Waals surface area contributed by atoms with Crippen LogP contribution in [0.15, 0.2) is 24.3 Å². The Bertz CT molecular complexity index is 611. The van der Waals surface area contributed by atoms with Crippen LogP contribution in [0.4, 0.5) is 4.79 Å². The van der Waals surface area contributed by atoms with Crippen molar-refractivity contribution in [2.75, 3.05) is 13.1 Å². The topological polar surface area (TPSA) is 46.6 Å². The molecule has 0 aliphatic carbocycles. The minimum Gasteiger partial charge on any atom is -0.444 e. The second kappa shape index (κ2) is 6.34. The van der Waals surface area contributed by atoms with E-state index in [9.17, 15) is 9.59 Å². The molecular weight excluding hydrogens is 278 g/mol. The first kappa shape index (κ1) is 16.3. The molecule has 1 aromatic rings. The predicted octanol–water partition coefficient (Wildman–Crippen LogP) is 3.83. The molecule has 0 unspecified atom stereocenters. The maximum Gasteiger partial charge on any atom is 0.410 e. The van der Waals surface area contributed by atoms with E-state index in [1.54, 1.807) is 4.90 Å². The van der Waals surface area contributed by atoms with Crippen molar-refractivity contribution >= 4 is 18.0 Å². The third-order valence-electron chi connectivity index (χ3n) is 3.59. The summed E-state index contributed by atoms with van der Waals surface area (Å²) >= 11 is 0. The summed E-state index contributed by atoms with van der Waals surface area (Å²) < 4.78 is 5.39. The monoisotopic (exact) mass is 301 g/mol. The average molecular weight is 301 g/mol. The van der Waals surface area contributed by atoms with Gasteiger partial charge in [-0.1, -0.05) is 18.2 Å². The van der Waals surface area contributed by atoms with Gasteiger partial charge in [0.2, 0.25) is 0 Å². The summed E-state index contributed by atoms with van der Waals surface area (Å²) in [6.45, 7) is 8.81. The maximum absolute atomic E-state index is 12.0. The van der Waals surface area contributed by atoms with Crippen LogP contribution in [0.5, 0.6) is 0 Å². The molecule has 1 aromatic carbocycles. The Morgan fingerprint density at radius 3 is 2.55 bits per heavy atom. The number of hydrogen-bond acceptors (Lipinski definition) is 3. The second-order valence-corrected chi connectivity index (χ2v) is 6.60. The van der Waals surface area contributed by atoms with Gasteiger partial charge in [0.1, 0.15) is 11.9 Å². The standard InChI is InChI=1S/C18H23NO3/c1-13-11-14(12-20)5-6-16(13)15-7-9-19(10-8-15)17(21)22-18(2,3)4/h5-7,11-12H,8-10H2,1-4H3. The van der Waals surface area contributed by atoms with Crippen LogP contribution >= 0.6 is 0 Å². The predicted molar refractivity (Wildman–Crippen MR) is 87.0 cm³/mol. The molecule has 22 heavy (non-hydrogen) atoms. The number of carbonyl (C=O) groups excluding carboxylic acids is 2. The van der Waals surface area contributed by atoms with E-state index in [4.69, 9.17) is 4.74 Å². The largest absolute Gasteiger partial charge is 0.444 e. The second-order valence-electron chi connectivity index (χ2n) is 6.60. The van der Waals surface area contributed by atoms with Crippen molar-refractivity contribution in [1.29, 1.82) is 0 Å². The molecule has 0 N–H and O–H groups in total. The quantitative estimate of drug-likeness (QED) is 0.780. The molecule has 1 aliphatic rings. The van der Waals surface area contributed by atoms with Crippen molar-refractivity contribution in [3.63, 3.8) is 0 Å². The number of benzene rings is 1. The third-order valence-corrected chi connectivity index (χ3v) is 3.59. The molecule has 2 rings (SSSR count). The number of hydrogen-bond donors (Lipinski definition) is 0. The maximum atomic E-state index is 12.0. The summed E-state index contributed by atoms with van der Waals surface area (Å²) in [4.78, 5) is 24.6. The van der Waals surface area contributed by atoms with Gasteiger partial charge in [0.15, 0.2) is 0 Å². The molecule has 0 fully saturated rings. The van der Waals surface area contributed by atoms with Crippen LogP contribution < -0.4 is 0 Å². The fraction of sp³-hybridized carbons (Fsp3) is 0.444. The number of nitrogens with zero attached hydrogens (tertiary/aromatic N) is 1. The lowest BCUT2D eigenvalue weighted by Crippen LogP contribution is -2.39. The molecular formula is C18H23NO3. The Kier molecular flexibility index (Phi) is 4.69. The van der Waals surface area contributed by atoms with E-state index in [0.29, 0.717) is 18.7 Å². The Labute approximate surface area is 131 Å². The van der Waals surface area contributed by atoms with Gasteiger partial charge in [-0.05, 0) is 56.9 Å². The van der Waals surface area contributed by atoms with Crippen LogP contribution in [-0.2, 0) is 4.74 Å². The Morgan fingerprint density at radius 1 is 1.32 bits per heavy atom. The van der Waals surface area contributed by atoms with E-state index in [2.05, 4.69) is 6.08 Å². The normalized spacial score (nSPS) is 15.3. The van der Waals surface area contributed by atoms with E-state index >= 15 is 0 Å². The Morgan fingerprint density at radius 2 is 2.05 bits per heavy atom. The van der Waals surface area contributed by atoms with Crippen LogP contribution in [0, 0.1) is 6.92 Å². The van der Waals surface area contributed by atoms with Gasteiger partial charge >= 0.3 is 6.09 Å². The molecule has 118 valence electrons.